The minimum atomic E-state index is -0.337. The predicted octanol–water partition coefficient (Wildman–Crippen LogP) is 7.24. The Balaban J connectivity index is 1.64. The van der Waals surface area contributed by atoms with Gasteiger partial charge in [-0.1, -0.05) is 60.1 Å². The zero-order valence-corrected chi connectivity index (χ0v) is 19.1. The number of para-hydroxylation sites is 2. The van der Waals surface area contributed by atoms with Gasteiger partial charge in [0, 0.05) is 23.1 Å². The summed E-state index contributed by atoms with van der Waals surface area (Å²) >= 11 is 6.84. The average Bonchev–Trinajstić information content (AvgIpc) is 2.88. The minimum absolute atomic E-state index is 0.209. The molecular weight excluding hydrogens is 432 g/mol. The first kappa shape index (κ1) is 22.6. The molecule has 1 atom stereocenters. The highest BCUT2D eigenvalue weighted by Gasteiger charge is 2.25. The molecule has 0 spiro atoms. The number of esters is 1. The molecule has 166 valence electrons. The molecule has 5 heteroatoms. The molecule has 0 bridgehead atoms. The average molecular weight is 457 g/mol. The Bertz CT molecular complexity index is 1180. The van der Waals surface area contributed by atoms with Gasteiger partial charge in [-0.05, 0) is 71.9 Å². The van der Waals surface area contributed by atoms with Crippen LogP contribution in [0.4, 0.5) is 11.4 Å². The van der Waals surface area contributed by atoms with Crippen LogP contribution in [0.15, 0.2) is 112 Å². The van der Waals surface area contributed by atoms with Crippen LogP contribution in [-0.4, -0.2) is 19.3 Å². The van der Waals surface area contributed by atoms with Gasteiger partial charge in [0.1, 0.15) is 0 Å². The highest BCUT2D eigenvalue weighted by Crippen LogP contribution is 2.41. The van der Waals surface area contributed by atoms with Gasteiger partial charge in [0.2, 0.25) is 0 Å². The molecule has 0 fully saturated rings. The molecule has 1 N–H and O–H groups in total. The van der Waals surface area contributed by atoms with E-state index in [9.17, 15) is 4.79 Å². The maximum atomic E-state index is 11.8. The van der Waals surface area contributed by atoms with Gasteiger partial charge in [-0.15, -0.1) is 0 Å². The summed E-state index contributed by atoms with van der Waals surface area (Å²) < 4.78 is 4.82. The number of halogens is 1. The normalized spacial score (nSPS) is 17.4. The molecular formula is C28H25ClN2O2. The van der Waals surface area contributed by atoms with Gasteiger partial charge in [-0.2, -0.15) is 0 Å². The molecule has 33 heavy (non-hydrogen) atoms. The number of hydrogen-bond acceptors (Lipinski definition) is 4. The van der Waals surface area contributed by atoms with Crippen molar-refractivity contribution in [1.82, 2.24) is 0 Å². The summed E-state index contributed by atoms with van der Waals surface area (Å²) in [6.45, 7) is 0. The third kappa shape index (κ3) is 5.79. The number of ether oxygens (including phenoxy) is 1. The summed E-state index contributed by atoms with van der Waals surface area (Å²) in [7, 11) is 1.39. The number of carbonyl (C=O) groups excluding carboxylic acids is 1. The lowest BCUT2D eigenvalue weighted by molar-refractivity contribution is 0.0600. The van der Waals surface area contributed by atoms with E-state index in [1.54, 1.807) is 0 Å². The van der Waals surface area contributed by atoms with Gasteiger partial charge in [0.05, 0.1) is 18.4 Å². The number of rotatable bonds is 6. The lowest BCUT2D eigenvalue weighted by Gasteiger charge is -2.26. The Morgan fingerprint density at radius 2 is 1.64 bits per heavy atom. The number of aliphatic imine (C=N–C) groups is 1. The van der Waals surface area contributed by atoms with Gasteiger partial charge in [0.15, 0.2) is 0 Å². The first-order chi connectivity index (χ1) is 16.1. The zero-order valence-electron chi connectivity index (χ0n) is 18.4. The Morgan fingerprint density at radius 3 is 2.30 bits per heavy atom. The van der Waals surface area contributed by atoms with Crippen molar-refractivity contribution in [1.29, 1.82) is 0 Å². The van der Waals surface area contributed by atoms with Crippen molar-refractivity contribution in [2.24, 2.45) is 4.99 Å². The van der Waals surface area contributed by atoms with E-state index in [1.165, 1.54) is 7.11 Å². The molecule has 0 saturated heterocycles. The van der Waals surface area contributed by atoms with Crippen LogP contribution in [0.2, 0.25) is 0 Å². The van der Waals surface area contributed by atoms with Crippen LogP contribution in [0.25, 0.3) is 0 Å². The van der Waals surface area contributed by atoms with Crippen molar-refractivity contribution in [2.75, 3.05) is 12.4 Å². The molecule has 0 radical (unpaired) electrons. The van der Waals surface area contributed by atoms with Crippen LogP contribution in [0, 0.1) is 0 Å². The number of hydrogen-bond donors (Lipinski definition) is 1. The lowest BCUT2D eigenvalue weighted by Crippen LogP contribution is -2.12. The van der Waals surface area contributed by atoms with Gasteiger partial charge in [0.25, 0.3) is 0 Å². The van der Waals surface area contributed by atoms with E-state index in [1.807, 2.05) is 97.3 Å². The first-order valence-corrected chi connectivity index (χ1v) is 11.2. The third-order valence-electron chi connectivity index (χ3n) is 5.61. The Kier molecular flexibility index (Phi) is 7.38. The van der Waals surface area contributed by atoms with Crippen molar-refractivity contribution in [3.63, 3.8) is 0 Å². The molecule has 1 aliphatic carbocycles. The second kappa shape index (κ2) is 10.8. The molecule has 0 saturated carbocycles. The fourth-order valence-corrected chi connectivity index (χ4v) is 4.09. The minimum Gasteiger partial charge on any atom is -0.465 e. The second-order valence-corrected chi connectivity index (χ2v) is 8.21. The van der Waals surface area contributed by atoms with Crippen molar-refractivity contribution in [2.45, 2.75) is 18.8 Å². The van der Waals surface area contributed by atoms with E-state index in [-0.39, 0.29) is 11.9 Å². The summed E-state index contributed by atoms with van der Waals surface area (Å²) in [6, 6.07) is 27.4. The molecule has 0 heterocycles. The third-order valence-corrected chi connectivity index (χ3v) is 6.10. The Labute approximate surface area is 199 Å². The van der Waals surface area contributed by atoms with E-state index >= 15 is 0 Å². The van der Waals surface area contributed by atoms with Crippen LogP contribution in [0.5, 0.6) is 0 Å². The molecule has 0 aliphatic heterocycles. The van der Waals surface area contributed by atoms with E-state index in [2.05, 4.69) is 10.3 Å². The fourth-order valence-electron chi connectivity index (χ4n) is 3.84. The highest BCUT2D eigenvalue weighted by molar-refractivity contribution is 6.34. The summed E-state index contributed by atoms with van der Waals surface area (Å²) in [5.41, 5.74) is 5.56. The number of carbonyl (C=O) groups is 1. The maximum Gasteiger partial charge on any atom is 0.337 e. The number of nitrogens with zero attached hydrogens (tertiary/aromatic N) is 1. The van der Waals surface area contributed by atoms with E-state index < -0.39 is 0 Å². The number of nitrogens with one attached hydrogen (secondary N) is 1. The van der Waals surface area contributed by atoms with Gasteiger partial charge >= 0.3 is 5.97 Å². The van der Waals surface area contributed by atoms with Gasteiger partial charge in [-0.25, -0.2) is 4.79 Å². The SMILES string of the molecule is COC(=O)c1ccc(C2CC(=CNc3ccccc3)C(Cl)=C(C=Nc3ccccc3)C2)cc1. The number of methoxy groups -OCH3 is 1. The summed E-state index contributed by atoms with van der Waals surface area (Å²) in [6.07, 6.45) is 5.38. The molecule has 0 aromatic heterocycles. The molecule has 3 aromatic carbocycles. The smallest absolute Gasteiger partial charge is 0.337 e. The Hall–Kier alpha value is -3.63. The number of benzene rings is 3. The van der Waals surface area contributed by atoms with Gasteiger partial charge < -0.3 is 10.1 Å². The van der Waals surface area contributed by atoms with E-state index in [0.29, 0.717) is 5.56 Å². The summed E-state index contributed by atoms with van der Waals surface area (Å²) in [5, 5.41) is 4.08. The summed E-state index contributed by atoms with van der Waals surface area (Å²) in [4.78, 5) is 16.4. The highest BCUT2D eigenvalue weighted by atomic mass is 35.5. The zero-order chi connectivity index (χ0) is 23.0. The predicted molar refractivity (Wildman–Crippen MR) is 135 cm³/mol. The van der Waals surface area contributed by atoms with Crippen LogP contribution in [0.3, 0.4) is 0 Å². The topological polar surface area (TPSA) is 50.7 Å². The molecule has 4 nitrogen and oxygen atoms in total. The molecule has 1 unspecified atom stereocenters. The fraction of sp³-hybridized carbons (Fsp3) is 0.143. The monoisotopic (exact) mass is 456 g/mol. The van der Waals surface area contributed by atoms with Gasteiger partial charge in [-0.3, -0.25) is 4.99 Å². The Morgan fingerprint density at radius 1 is 0.970 bits per heavy atom. The van der Waals surface area contributed by atoms with Crippen molar-refractivity contribution in [3.8, 4) is 0 Å². The van der Waals surface area contributed by atoms with Crippen molar-refractivity contribution < 1.29 is 9.53 Å². The van der Waals surface area contributed by atoms with E-state index in [0.717, 1.165) is 46.0 Å². The molecule has 0 amide bonds. The number of allylic oxidation sites excluding steroid dienone is 3. The molecule has 4 rings (SSSR count). The largest absolute Gasteiger partial charge is 0.465 e. The quantitative estimate of drug-likeness (QED) is 0.314. The second-order valence-electron chi connectivity index (χ2n) is 7.83. The van der Waals surface area contributed by atoms with Crippen molar-refractivity contribution >= 4 is 35.2 Å². The molecule has 3 aromatic rings. The van der Waals surface area contributed by atoms with E-state index in [4.69, 9.17) is 16.3 Å². The lowest BCUT2D eigenvalue weighted by atomic mass is 9.81. The van der Waals surface area contributed by atoms with Crippen LogP contribution < -0.4 is 5.32 Å². The van der Waals surface area contributed by atoms with Crippen molar-refractivity contribution in [3.05, 3.63) is 118 Å². The molecule has 1 aliphatic rings. The van der Waals surface area contributed by atoms with Crippen LogP contribution in [0.1, 0.15) is 34.7 Å². The standard InChI is InChI=1S/C28H25ClN2O2/c1-33-28(32)21-14-12-20(13-15-21)22-16-23(18-30-25-8-4-2-5-9-25)27(29)24(17-22)19-31-26-10-6-3-7-11-26/h2-15,18-19,22,30H,16-17H2,1H3. The summed E-state index contributed by atoms with van der Waals surface area (Å²) in [5.74, 6) is -0.128. The maximum absolute atomic E-state index is 11.8. The first-order valence-electron chi connectivity index (χ1n) is 10.8. The van der Waals surface area contributed by atoms with Crippen LogP contribution in [-0.2, 0) is 4.74 Å². The number of anilines is 1. The van der Waals surface area contributed by atoms with Crippen LogP contribution >= 0.6 is 11.6 Å².